The molecule has 30 heavy (non-hydrogen) atoms. The molecule has 0 saturated carbocycles. The van der Waals surface area contributed by atoms with E-state index in [0.29, 0.717) is 6.42 Å². The molecule has 0 aliphatic rings. The van der Waals surface area contributed by atoms with Crippen molar-refractivity contribution < 1.29 is 19.5 Å². The fourth-order valence-electron chi connectivity index (χ4n) is 3.26. The van der Waals surface area contributed by atoms with E-state index in [0.717, 1.165) is 25.0 Å². The first kappa shape index (κ1) is 25.7. The Morgan fingerprint density at radius 3 is 2.20 bits per heavy atom. The molecule has 0 bridgehead atoms. The van der Waals surface area contributed by atoms with Crippen molar-refractivity contribution in [2.75, 3.05) is 6.54 Å². The first-order valence-corrected chi connectivity index (χ1v) is 11.2. The Morgan fingerprint density at radius 2 is 1.63 bits per heavy atom. The summed E-state index contributed by atoms with van der Waals surface area (Å²) in [5.74, 6) is -1.55. The normalized spacial score (nSPS) is 11.8. The van der Waals surface area contributed by atoms with E-state index in [1.807, 2.05) is 0 Å². The summed E-state index contributed by atoms with van der Waals surface area (Å²) in [5, 5.41) is 14.6. The molecule has 1 atom stereocenters. The molecule has 0 unspecified atom stereocenters. The van der Waals surface area contributed by atoms with Crippen LogP contribution >= 0.6 is 0 Å². The highest BCUT2D eigenvalue weighted by Gasteiger charge is 2.21. The van der Waals surface area contributed by atoms with Crippen LogP contribution in [0.1, 0.15) is 83.2 Å². The van der Waals surface area contributed by atoms with Gasteiger partial charge in [0.2, 0.25) is 11.8 Å². The van der Waals surface area contributed by atoms with Crippen LogP contribution in [0.15, 0.2) is 12.5 Å². The molecule has 1 aromatic rings. The number of hydrogen-bond donors (Lipinski definition) is 3. The van der Waals surface area contributed by atoms with Gasteiger partial charge in [-0.2, -0.15) is 0 Å². The molecular weight excluding hydrogens is 384 g/mol. The van der Waals surface area contributed by atoms with Gasteiger partial charge in [0.15, 0.2) is 0 Å². The smallest absolute Gasteiger partial charge is 0.326 e. The Hall–Kier alpha value is -2.38. The number of carboxylic acids is 1. The van der Waals surface area contributed by atoms with Crippen molar-refractivity contribution in [1.29, 1.82) is 0 Å². The summed E-state index contributed by atoms with van der Waals surface area (Å²) in [6, 6.07) is -1.02. The van der Waals surface area contributed by atoms with E-state index in [1.54, 1.807) is 24.1 Å². The number of carbonyl (C=O) groups excluding carboxylic acids is 2. The summed E-state index contributed by atoms with van der Waals surface area (Å²) in [6.07, 6.45) is 14.6. The average molecular weight is 423 g/mol. The topological polar surface area (TPSA) is 113 Å². The fraction of sp³-hybridized carbons (Fsp3) is 0.727. The van der Waals surface area contributed by atoms with Gasteiger partial charge in [-0.05, 0) is 6.42 Å². The minimum Gasteiger partial charge on any atom is -0.480 e. The predicted octanol–water partition coefficient (Wildman–Crippen LogP) is 2.96. The third kappa shape index (κ3) is 11.6. The molecule has 2 amide bonds. The average Bonchev–Trinajstić information content (AvgIpc) is 3.10. The molecule has 0 spiro atoms. The van der Waals surface area contributed by atoms with Gasteiger partial charge >= 0.3 is 5.97 Å². The molecule has 0 fully saturated rings. The van der Waals surface area contributed by atoms with Gasteiger partial charge in [-0.1, -0.05) is 58.3 Å². The second-order valence-corrected chi connectivity index (χ2v) is 7.84. The molecule has 1 aromatic heterocycles. The van der Waals surface area contributed by atoms with E-state index in [2.05, 4.69) is 22.5 Å². The van der Waals surface area contributed by atoms with Crippen molar-refractivity contribution in [2.24, 2.45) is 7.05 Å². The fourth-order valence-corrected chi connectivity index (χ4v) is 3.26. The third-order valence-corrected chi connectivity index (χ3v) is 5.14. The van der Waals surface area contributed by atoms with Gasteiger partial charge in [-0.3, -0.25) is 9.59 Å². The van der Waals surface area contributed by atoms with Crippen LogP contribution in [0.5, 0.6) is 0 Å². The van der Waals surface area contributed by atoms with Crippen LogP contribution < -0.4 is 10.6 Å². The molecule has 8 nitrogen and oxygen atoms in total. The van der Waals surface area contributed by atoms with E-state index < -0.39 is 17.9 Å². The third-order valence-electron chi connectivity index (χ3n) is 5.14. The zero-order valence-electron chi connectivity index (χ0n) is 18.5. The first-order chi connectivity index (χ1) is 14.4. The highest BCUT2D eigenvalue weighted by Crippen LogP contribution is 2.10. The van der Waals surface area contributed by atoms with Crippen LogP contribution in [0.2, 0.25) is 0 Å². The lowest BCUT2D eigenvalue weighted by Crippen LogP contribution is -2.43. The van der Waals surface area contributed by atoms with E-state index >= 15 is 0 Å². The standard InChI is InChI=1S/C22H38N4O4/c1-3-4-5-6-7-8-9-10-11-12-20(27)24-14-13-21(28)25-19(22(29)30)15-18-16-23-17-26(18)2/h16-17,19H,3-15H2,1-2H3,(H,24,27)(H,25,28)(H,29,30)/t19-/m0/s1. The van der Waals surface area contributed by atoms with Gasteiger partial charge in [-0.25, -0.2) is 9.78 Å². The Labute approximate surface area is 179 Å². The minimum absolute atomic E-state index is 0.0542. The molecule has 3 N–H and O–H groups in total. The summed E-state index contributed by atoms with van der Waals surface area (Å²) in [7, 11) is 1.77. The molecule has 1 heterocycles. The van der Waals surface area contributed by atoms with Crippen molar-refractivity contribution in [2.45, 2.75) is 90.0 Å². The van der Waals surface area contributed by atoms with Gasteiger partial charge in [0.1, 0.15) is 6.04 Å². The van der Waals surface area contributed by atoms with Gasteiger partial charge in [0.05, 0.1) is 6.33 Å². The van der Waals surface area contributed by atoms with Crippen LogP contribution in [0, 0.1) is 0 Å². The summed E-state index contributed by atoms with van der Waals surface area (Å²) in [6.45, 7) is 2.42. The van der Waals surface area contributed by atoms with Gasteiger partial charge in [-0.15, -0.1) is 0 Å². The number of nitrogens with zero attached hydrogens (tertiary/aromatic N) is 2. The number of rotatable bonds is 17. The largest absolute Gasteiger partial charge is 0.480 e. The van der Waals surface area contributed by atoms with Crippen LogP contribution in [-0.4, -0.2) is 45.0 Å². The first-order valence-electron chi connectivity index (χ1n) is 11.2. The maximum atomic E-state index is 12.0. The number of carboxylic acid groups (broad SMARTS) is 1. The van der Waals surface area contributed by atoms with Crippen LogP contribution in [0.25, 0.3) is 0 Å². The number of carbonyl (C=O) groups is 3. The van der Waals surface area contributed by atoms with E-state index in [4.69, 9.17) is 0 Å². The summed E-state index contributed by atoms with van der Waals surface area (Å²) >= 11 is 0. The van der Waals surface area contributed by atoms with Gasteiger partial charge in [0.25, 0.3) is 0 Å². The minimum atomic E-state index is -1.10. The second-order valence-electron chi connectivity index (χ2n) is 7.84. The monoisotopic (exact) mass is 422 g/mol. The van der Waals surface area contributed by atoms with Crippen molar-refractivity contribution in [3.63, 3.8) is 0 Å². The van der Waals surface area contributed by atoms with Crippen molar-refractivity contribution in [3.05, 3.63) is 18.2 Å². The Kier molecular flexibility index (Phi) is 13.2. The van der Waals surface area contributed by atoms with Crippen molar-refractivity contribution in [3.8, 4) is 0 Å². The summed E-state index contributed by atoms with van der Waals surface area (Å²) in [5.41, 5.74) is 0.719. The summed E-state index contributed by atoms with van der Waals surface area (Å²) in [4.78, 5) is 39.2. The van der Waals surface area contributed by atoms with E-state index in [9.17, 15) is 19.5 Å². The molecule has 0 aliphatic heterocycles. The number of amides is 2. The Balaban J connectivity index is 2.11. The number of unbranched alkanes of at least 4 members (excludes halogenated alkanes) is 8. The quantitative estimate of drug-likeness (QED) is 0.334. The van der Waals surface area contributed by atoms with E-state index in [-0.39, 0.29) is 25.3 Å². The second kappa shape index (κ2) is 15.5. The lowest BCUT2D eigenvalue weighted by Gasteiger charge is -2.15. The lowest BCUT2D eigenvalue weighted by atomic mass is 10.1. The van der Waals surface area contributed by atoms with Gasteiger partial charge < -0.3 is 20.3 Å². The number of imidazole rings is 1. The number of aliphatic carboxylic acids is 1. The van der Waals surface area contributed by atoms with Crippen molar-refractivity contribution in [1.82, 2.24) is 20.2 Å². The van der Waals surface area contributed by atoms with Gasteiger partial charge in [0, 0.05) is 44.7 Å². The molecule has 0 saturated heterocycles. The SMILES string of the molecule is CCCCCCCCCCCC(=O)NCCC(=O)N[C@@H](Cc1cncn1C)C(=O)O. The molecule has 0 aromatic carbocycles. The van der Waals surface area contributed by atoms with E-state index in [1.165, 1.54) is 38.5 Å². The summed E-state index contributed by atoms with van der Waals surface area (Å²) < 4.78 is 1.72. The molecule has 170 valence electrons. The number of hydrogen-bond acceptors (Lipinski definition) is 4. The van der Waals surface area contributed by atoms with Crippen LogP contribution in [0.4, 0.5) is 0 Å². The Bertz CT molecular complexity index is 645. The predicted molar refractivity (Wildman–Crippen MR) is 116 cm³/mol. The molecule has 8 heteroatoms. The highest BCUT2D eigenvalue weighted by molar-refractivity contribution is 5.84. The Morgan fingerprint density at radius 1 is 1.00 bits per heavy atom. The van der Waals surface area contributed by atoms with Crippen molar-refractivity contribution >= 4 is 17.8 Å². The number of aryl methyl sites for hydroxylation is 1. The van der Waals surface area contributed by atoms with Crippen LogP contribution in [-0.2, 0) is 27.9 Å². The number of aromatic nitrogens is 2. The zero-order valence-corrected chi connectivity index (χ0v) is 18.5. The maximum Gasteiger partial charge on any atom is 0.326 e. The lowest BCUT2D eigenvalue weighted by molar-refractivity contribution is -0.141. The maximum absolute atomic E-state index is 12.0. The molecule has 0 aliphatic carbocycles. The molecule has 0 radical (unpaired) electrons. The number of nitrogens with one attached hydrogen (secondary N) is 2. The highest BCUT2D eigenvalue weighted by atomic mass is 16.4. The molecular formula is C22H38N4O4. The van der Waals surface area contributed by atoms with Crippen LogP contribution in [0.3, 0.4) is 0 Å². The molecule has 1 rings (SSSR count). The zero-order chi connectivity index (χ0) is 22.2.